The number of rotatable bonds is 6. The van der Waals surface area contributed by atoms with E-state index in [1.807, 2.05) is 26.0 Å². The van der Waals surface area contributed by atoms with Gasteiger partial charge in [0.2, 0.25) is 0 Å². The molecule has 0 saturated carbocycles. The highest BCUT2D eigenvalue weighted by molar-refractivity contribution is 5.43. The number of hydrogen-bond donors (Lipinski definition) is 2. The molecule has 2 unspecified atom stereocenters. The van der Waals surface area contributed by atoms with Crippen molar-refractivity contribution in [1.29, 1.82) is 0 Å². The van der Waals surface area contributed by atoms with Crippen LogP contribution in [-0.2, 0) is 6.42 Å². The maximum absolute atomic E-state index is 9.77. The molecule has 18 heavy (non-hydrogen) atoms. The zero-order valence-corrected chi connectivity index (χ0v) is 11.7. The zero-order valence-electron chi connectivity index (χ0n) is 11.7. The molecule has 0 fully saturated rings. The maximum Gasteiger partial charge on any atom is 0.122 e. The fourth-order valence-corrected chi connectivity index (χ4v) is 2.11. The van der Waals surface area contributed by atoms with Crippen LogP contribution in [0.25, 0.3) is 0 Å². The smallest absolute Gasteiger partial charge is 0.122 e. The maximum atomic E-state index is 9.77. The van der Waals surface area contributed by atoms with Crippen LogP contribution in [0.4, 0.5) is 0 Å². The second-order valence-electron chi connectivity index (χ2n) is 4.76. The summed E-state index contributed by atoms with van der Waals surface area (Å²) in [6.45, 7) is 5.97. The van der Waals surface area contributed by atoms with Gasteiger partial charge in [-0.2, -0.15) is 0 Å². The van der Waals surface area contributed by atoms with Crippen molar-refractivity contribution in [3.63, 3.8) is 0 Å². The molecule has 1 aromatic carbocycles. The summed E-state index contributed by atoms with van der Waals surface area (Å²) in [5.74, 6) is 0.894. The lowest BCUT2D eigenvalue weighted by Gasteiger charge is -2.17. The first-order valence-corrected chi connectivity index (χ1v) is 6.50. The average Bonchev–Trinajstić information content (AvgIpc) is 2.39. The lowest BCUT2D eigenvalue weighted by atomic mass is 9.96. The molecule has 0 spiro atoms. The molecule has 0 aliphatic rings. The summed E-state index contributed by atoms with van der Waals surface area (Å²) >= 11 is 0. The minimum atomic E-state index is -0.642. The quantitative estimate of drug-likeness (QED) is 0.817. The second kappa shape index (κ2) is 6.76. The minimum absolute atomic E-state index is 0.585. The van der Waals surface area contributed by atoms with E-state index in [9.17, 15) is 10.2 Å². The summed E-state index contributed by atoms with van der Waals surface area (Å²) in [6.07, 6.45) is 0.680. The van der Waals surface area contributed by atoms with Crippen LogP contribution in [0.3, 0.4) is 0 Å². The molecule has 1 aromatic rings. The third-order valence-corrected chi connectivity index (χ3v) is 3.64. The van der Waals surface area contributed by atoms with Gasteiger partial charge in [-0.3, -0.25) is 0 Å². The Morgan fingerprint density at radius 2 is 1.78 bits per heavy atom. The van der Waals surface area contributed by atoms with Crippen LogP contribution < -0.4 is 4.74 Å². The largest absolute Gasteiger partial charge is 0.496 e. The average molecular weight is 252 g/mol. The Balaban J connectivity index is 2.71. The molecular weight excluding hydrogens is 228 g/mol. The number of hydrogen-bond acceptors (Lipinski definition) is 3. The van der Waals surface area contributed by atoms with E-state index in [4.69, 9.17) is 4.74 Å². The van der Waals surface area contributed by atoms with Crippen LogP contribution in [-0.4, -0.2) is 29.5 Å². The molecule has 0 bridgehead atoms. The van der Waals surface area contributed by atoms with Crippen LogP contribution in [0.15, 0.2) is 12.1 Å². The standard InChI is InChI=1S/C15H24O3/c1-5-13(16)14(17)8-6-12-7-9-15(18-4)11(3)10(12)2/h7,9,13-14,16-17H,5-6,8H2,1-4H3. The number of methoxy groups -OCH3 is 1. The highest BCUT2D eigenvalue weighted by atomic mass is 16.5. The van der Waals surface area contributed by atoms with Gasteiger partial charge < -0.3 is 14.9 Å². The molecule has 0 heterocycles. The van der Waals surface area contributed by atoms with Crippen LogP contribution in [0.1, 0.15) is 36.5 Å². The summed E-state index contributed by atoms with van der Waals surface area (Å²) < 4.78 is 5.27. The van der Waals surface area contributed by atoms with Crippen molar-refractivity contribution in [1.82, 2.24) is 0 Å². The molecule has 0 aliphatic carbocycles. The van der Waals surface area contributed by atoms with Crippen LogP contribution in [0, 0.1) is 13.8 Å². The van der Waals surface area contributed by atoms with E-state index in [0.29, 0.717) is 12.8 Å². The van der Waals surface area contributed by atoms with Gasteiger partial charge in [-0.15, -0.1) is 0 Å². The van der Waals surface area contributed by atoms with Gasteiger partial charge in [-0.05, 0) is 55.9 Å². The number of aliphatic hydroxyl groups is 2. The number of aliphatic hydroxyl groups excluding tert-OH is 2. The molecule has 3 nitrogen and oxygen atoms in total. The topological polar surface area (TPSA) is 49.7 Å². The highest BCUT2D eigenvalue weighted by Gasteiger charge is 2.15. The summed E-state index contributed by atoms with van der Waals surface area (Å²) in [5, 5.41) is 19.3. The first-order valence-electron chi connectivity index (χ1n) is 6.50. The van der Waals surface area contributed by atoms with Gasteiger partial charge in [0.15, 0.2) is 0 Å². The number of aryl methyl sites for hydroxylation is 1. The molecule has 0 amide bonds. The molecular formula is C15H24O3. The summed E-state index contributed by atoms with van der Waals surface area (Å²) in [7, 11) is 1.67. The number of ether oxygens (including phenoxy) is 1. The third-order valence-electron chi connectivity index (χ3n) is 3.64. The van der Waals surface area contributed by atoms with Crippen molar-refractivity contribution in [3.05, 3.63) is 28.8 Å². The van der Waals surface area contributed by atoms with Gasteiger partial charge in [0.05, 0.1) is 19.3 Å². The van der Waals surface area contributed by atoms with E-state index < -0.39 is 12.2 Å². The molecule has 0 radical (unpaired) electrons. The fourth-order valence-electron chi connectivity index (χ4n) is 2.11. The van der Waals surface area contributed by atoms with Crippen molar-refractivity contribution >= 4 is 0 Å². The highest BCUT2D eigenvalue weighted by Crippen LogP contribution is 2.25. The molecule has 0 saturated heterocycles. The number of benzene rings is 1. The third kappa shape index (κ3) is 3.47. The fraction of sp³-hybridized carbons (Fsp3) is 0.600. The molecule has 0 aliphatic heterocycles. The molecule has 2 N–H and O–H groups in total. The van der Waals surface area contributed by atoms with Gasteiger partial charge in [-0.25, -0.2) is 0 Å². The Morgan fingerprint density at radius 3 is 2.33 bits per heavy atom. The molecule has 102 valence electrons. The van der Waals surface area contributed by atoms with E-state index in [0.717, 1.165) is 17.7 Å². The van der Waals surface area contributed by atoms with E-state index in [-0.39, 0.29) is 0 Å². The van der Waals surface area contributed by atoms with E-state index >= 15 is 0 Å². The van der Waals surface area contributed by atoms with Crippen LogP contribution >= 0.6 is 0 Å². The lowest BCUT2D eigenvalue weighted by molar-refractivity contribution is 0.0130. The van der Waals surface area contributed by atoms with E-state index in [1.165, 1.54) is 11.1 Å². The molecule has 0 aromatic heterocycles. The minimum Gasteiger partial charge on any atom is -0.496 e. The second-order valence-corrected chi connectivity index (χ2v) is 4.76. The lowest BCUT2D eigenvalue weighted by Crippen LogP contribution is -2.25. The SMILES string of the molecule is CCC(O)C(O)CCc1ccc(OC)c(C)c1C. The van der Waals surface area contributed by atoms with Crippen molar-refractivity contribution in [2.45, 2.75) is 52.2 Å². The van der Waals surface area contributed by atoms with Crippen molar-refractivity contribution < 1.29 is 14.9 Å². The Bertz CT molecular complexity index is 388. The van der Waals surface area contributed by atoms with Gasteiger partial charge in [0.25, 0.3) is 0 Å². The predicted molar refractivity (Wildman–Crippen MR) is 73.1 cm³/mol. The predicted octanol–water partition coefficient (Wildman–Crippen LogP) is 2.38. The Morgan fingerprint density at radius 1 is 1.11 bits per heavy atom. The van der Waals surface area contributed by atoms with Crippen molar-refractivity contribution in [2.24, 2.45) is 0 Å². The molecule has 3 heteroatoms. The Hall–Kier alpha value is -1.06. The van der Waals surface area contributed by atoms with Crippen LogP contribution in [0.5, 0.6) is 5.75 Å². The zero-order chi connectivity index (χ0) is 13.7. The molecule has 2 atom stereocenters. The first kappa shape index (κ1) is 15.0. The van der Waals surface area contributed by atoms with Crippen molar-refractivity contribution in [3.8, 4) is 5.75 Å². The van der Waals surface area contributed by atoms with E-state index in [2.05, 4.69) is 6.92 Å². The molecule has 1 rings (SSSR count). The normalized spacial score (nSPS) is 14.3. The van der Waals surface area contributed by atoms with Crippen molar-refractivity contribution in [2.75, 3.05) is 7.11 Å². The summed E-state index contributed by atoms with van der Waals surface area (Å²) in [4.78, 5) is 0. The van der Waals surface area contributed by atoms with Gasteiger partial charge in [0, 0.05) is 0 Å². The summed E-state index contributed by atoms with van der Waals surface area (Å²) in [5.41, 5.74) is 3.55. The summed E-state index contributed by atoms with van der Waals surface area (Å²) in [6, 6.07) is 3.99. The first-order chi connectivity index (χ1) is 8.51. The van der Waals surface area contributed by atoms with Gasteiger partial charge >= 0.3 is 0 Å². The van der Waals surface area contributed by atoms with Crippen LogP contribution in [0.2, 0.25) is 0 Å². The Kier molecular flexibility index (Phi) is 5.63. The Labute approximate surface area is 109 Å². The van der Waals surface area contributed by atoms with Gasteiger partial charge in [0.1, 0.15) is 5.75 Å². The monoisotopic (exact) mass is 252 g/mol. The van der Waals surface area contributed by atoms with E-state index in [1.54, 1.807) is 7.11 Å². The van der Waals surface area contributed by atoms with Gasteiger partial charge in [-0.1, -0.05) is 13.0 Å².